The minimum absolute atomic E-state index is 1.16. The van der Waals surface area contributed by atoms with Gasteiger partial charge in [-0.15, -0.1) is 0 Å². The summed E-state index contributed by atoms with van der Waals surface area (Å²) in [5.74, 6) is 0. The number of rotatable bonds is 4. The predicted octanol–water partition coefficient (Wildman–Crippen LogP) is 4.17. The zero-order valence-electron chi connectivity index (χ0n) is 9.80. The van der Waals surface area contributed by atoms with E-state index in [1.165, 1.54) is 5.57 Å². The van der Waals surface area contributed by atoms with Crippen LogP contribution >= 0.6 is 0 Å². The summed E-state index contributed by atoms with van der Waals surface area (Å²) in [6, 6.07) is 3.97. The van der Waals surface area contributed by atoms with Crippen molar-refractivity contribution >= 4 is 6.08 Å². The van der Waals surface area contributed by atoms with Gasteiger partial charge in [0.05, 0.1) is 0 Å². The zero-order valence-corrected chi connectivity index (χ0v) is 9.80. The van der Waals surface area contributed by atoms with Crippen LogP contribution in [0.4, 0.5) is 0 Å². The second-order valence-electron chi connectivity index (χ2n) is 3.31. The molecule has 0 unspecified atom stereocenters. The number of hydrogen-bond acceptors (Lipinski definition) is 1. The van der Waals surface area contributed by atoms with Gasteiger partial charge in [0, 0.05) is 12.4 Å². The summed E-state index contributed by atoms with van der Waals surface area (Å²) in [7, 11) is 0. The third-order valence-electron chi connectivity index (χ3n) is 2.01. The number of allylic oxidation sites excluding steroid dienone is 7. The van der Waals surface area contributed by atoms with Crippen molar-refractivity contribution in [3.05, 3.63) is 72.1 Å². The third-order valence-corrected chi connectivity index (χ3v) is 2.01. The highest BCUT2D eigenvalue weighted by molar-refractivity contribution is 5.54. The fourth-order valence-electron chi connectivity index (χ4n) is 1.23. The summed E-state index contributed by atoms with van der Waals surface area (Å²) >= 11 is 0. The summed E-state index contributed by atoms with van der Waals surface area (Å²) in [6.45, 7) is 4.03. The van der Waals surface area contributed by atoms with Gasteiger partial charge in [-0.3, -0.25) is 4.98 Å². The van der Waals surface area contributed by atoms with Crippen LogP contribution in [0.25, 0.3) is 6.08 Å². The summed E-state index contributed by atoms with van der Waals surface area (Å²) < 4.78 is 0. The molecule has 82 valence electrons. The lowest BCUT2D eigenvalue weighted by Crippen LogP contribution is -1.74. The first-order valence-electron chi connectivity index (χ1n) is 5.40. The molecule has 0 aliphatic rings. The van der Waals surface area contributed by atoms with Gasteiger partial charge < -0.3 is 0 Å². The Morgan fingerprint density at radius 1 is 1.06 bits per heavy atom. The van der Waals surface area contributed by atoms with Crippen molar-refractivity contribution in [1.29, 1.82) is 0 Å². The first-order valence-corrected chi connectivity index (χ1v) is 5.40. The molecule has 0 saturated heterocycles. The van der Waals surface area contributed by atoms with Gasteiger partial charge in [-0.1, -0.05) is 42.5 Å². The molecule has 0 fully saturated rings. The first kappa shape index (κ1) is 12.2. The van der Waals surface area contributed by atoms with Gasteiger partial charge in [0.15, 0.2) is 0 Å². The SMILES string of the molecule is C\C=C/C(/C=C/c1ccncc1)=C\C=C\C. The minimum atomic E-state index is 1.16. The van der Waals surface area contributed by atoms with Crippen LogP contribution in [0.2, 0.25) is 0 Å². The van der Waals surface area contributed by atoms with Crippen molar-refractivity contribution in [3.63, 3.8) is 0 Å². The zero-order chi connectivity index (χ0) is 11.6. The van der Waals surface area contributed by atoms with E-state index in [1.807, 2.05) is 44.2 Å². The smallest absolute Gasteiger partial charge is 0.0273 e. The fraction of sp³-hybridized carbons (Fsp3) is 0.133. The van der Waals surface area contributed by atoms with Crippen molar-refractivity contribution < 1.29 is 0 Å². The van der Waals surface area contributed by atoms with E-state index in [1.54, 1.807) is 12.4 Å². The molecule has 1 aromatic heterocycles. The van der Waals surface area contributed by atoms with Gasteiger partial charge >= 0.3 is 0 Å². The van der Waals surface area contributed by atoms with E-state index in [4.69, 9.17) is 0 Å². The lowest BCUT2D eigenvalue weighted by atomic mass is 10.1. The van der Waals surface area contributed by atoms with Crippen LogP contribution in [0.1, 0.15) is 19.4 Å². The van der Waals surface area contributed by atoms with E-state index in [2.05, 4.69) is 29.3 Å². The van der Waals surface area contributed by atoms with Crippen LogP contribution in [0.5, 0.6) is 0 Å². The van der Waals surface area contributed by atoms with E-state index in [0.29, 0.717) is 0 Å². The van der Waals surface area contributed by atoms with E-state index in [9.17, 15) is 0 Å². The molecule has 0 spiro atoms. The topological polar surface area (TPSA) is 12.9 Å². The molecule has 1 heteroatoms. The number of pyridine rings is 1. The van der Waals surface area contributed by atoms with Crippen LogP contribution in [-0.2, 0) is 0 Å². The Morgan fingerprint density at radius 2 is 1.81 bits per heavy atom. The van der Waals surface area contributed by atoms with Crippen molar-refractivity contribution in [1.82, 2.24) is 4.98 Å². The maximum Gasteiger partial charge on any atom is 0.0273 e. The van der Waals surface area contributed by atoms with Gasteiger partial charge in [0.1, 0.15) is 0 Å². The lowest BCUT2D eigenvalue weighted by molar-refractivity contribution is 1.32. The highest BCUT2D eigenvalue weighted by Gasteiger charge is 1.85. The Kier molecular flexibility index (Phi) is 5.64. The van der Waals surface area contributed by atoms with E-state index < -0.39 is 0 Å². The summed E-state index contributed by atoms with van der Waals surface area (Å²) in [4.78, 5) is 3.98. The predicted molar refractivity (Wildman–Crippen MR) is 71.0 cm³/mol. The Hall–Kier alpha value is -1.89. The van der Waals surface area contributed by atoms with E-state index in [0.717, 1.165) is 5.56 Å². The standard InChI is InChI=1S/C15H17N/c1-3-5-7-14(6-4-2)8-9-15-10-12-16-13-11-15/h3-13H,1-2H3/b5-3+,6-4-,9-8+,14-7+. The van der Waals surface area contributed by atoms with Crippen LogP contribution in [0.3, 0.4) is 0 Å². The average Bonchev–Trinajstić information content (AvgIpc) is 2.34. The van der Waals surface area contributed by atoms with Crippen molar-refractivity contribution in [2.75, 3.05) is 0 Å². The highest BCUT2D eigenvalue weighted by Crippen LogP contribution is 2.06. The Labute approximate surface area is 97.5 Å². The van der Waals surface area contributed by atoms with Crippen LogP contribution in [-0.4, -0.2) is 4.98 Å². The molecule has 0 atom stereocenters. The molecular weight excluding hydrogens is 194 g/mol. The Bertz CT molecular complexity index is 408. The maximum atomic E-state index is 3.98. The highest BCUT2D eigenvalue weighted by atomic mass is 14.6. The molecule has 0 aliphatic carbocycles. The molecular formula is C15H17N. The van der Waals surface area contributed by atoms with E-state index in [-0.39, 0.29) is 0 Å². The number of aromatic nitrogens is 1. The summed E-state index contributed by atoms with van der Waals surface area (Å²) in [6.07, 6.45) is 18.0. The molecule has 0 amide bonds. The first-order chi connectivity index (χ1) is 7.86. The third kappa shape index (κ3) is 4.56. The monoisotopic (exact) mass is 211 g/mol. The molecule has 1 heterocycles. The molecule has 0 aromatic carbocycles. The summed E-state index contributed by atoms with van der Waals surface area (Å²) in [5.41, 5.74) is 2.34. The molecule has 0 radical (unpaired) electrons. The number of hydrogen-bond donors (Lipinski definition) is 0. The van der Waals surface area contributed by atoms with Gasteiger partial charge in [0.2, 0.25) is 0 Å². The Morgan fingerprint density at radius 3 is 2.44 bits per heavy atom. The fourth-order valence-corrected chi connectivity index (χ4v) is 1.23. The van der Waals surface area contributed by atoms with E-state index >= 15 is 0 Å². The largest absolute Gasteiger partial charge is 0.265 e. The minimum Gasteiger partial charge on any atom is -0.265 e. The molecule has 0 saturated carbocycles. The molecule has 0 N–H and O–H groups in total. The van der Waals surface area contributed by atoms with Gasteiger partial charge in [0.25, 0.3) is 0 Å². The number of nitrogens with zero attached hydrogens (tertiary/aromatic N) is 1. The normalized spacial score (nSPS) is 13.2. The molecule has 1 rings (SSSR count). The Balaban J connectivity index is 2.80. The van der Waals surface area contributed by atoms with Crippen molar-refractivity contribution in [2.24, 2.45) is 0 Å². The summed E-state index contributed by atoms with van der Waals surface area (Å²) in [5, 5.41) is 0. The van der Waals surface area contributed by atoms with Crippen molar-refractivity contribution in [2.45, 2.75) is 13.8 Å². The maximum absolute atomic E-state index is 3.98. The quantitative estimate of drug-likeness (QED) is 0.681. The van der Waals surface area contributed by atoms with Gasteiger partial charge in [-0.25, -0.2) is 0 Å². The lowest BCUT2D eigenvalue weighted by Gasteiger charge is -1.93. The molecule has 1 aromatic rings. The van der Waals surface area contributed by atoms with Gasteiger partial charge in [-0.05, 0) is 37.1 Å². The van der Waals surface area contributed by atoms with Crippen LogP contribution in [0.15, 0.2) is 66.6 Å². The van der Waals surface area contributed by atoms with Gasteiger partial charge in [-0.2, -0.15) is 0 Å². The van der Waals surface area contributed by atoms with Crippen LogP contribution in [0, 0.1) is 0 Å². The molecule has 0 aliphatic heterocycles. The van der Waals surface area contributed by atoms with Crippen molar-refractivity contribution in [3.8, 4) is 0 Å². The molecule has 0 bridgehead atoms. The average molecular weight is 211 g/mol. The van der Waals surface area contributed by atoms with Crippen LogP contribution < -0.4 is 0 Å². The molecule has 1 nitrogen and oxygen atoms in total. The molecule has 16 heavy (non-hydrogen) atoms. The second-order valence-corrected chi connectivity index (χ2v) is 3.31. The second kappa shape index (κ2) is 7.41.